The summed E-state index contributed by atoms with van der Waals surface area (Å²) in [6.45, 7) is 2.40. The molecule has 4 N–H and O–H groups in total. The molecule has 2 aromatic carbocycles. The molecule has 168 valence electrons. The van der Waals surface area contributed by atoms with E-state index in [9.17, 15) is 9.59 Å². The topological polar surface area (TPSA) is 107 Å². The molecule has 8 heteroatoms. The van der Waals surface area contributed by atoms with E-state index in [1.165, 1.54) is 24.1 Å². The summed E-state index contributed by atoms with van der Waals surface area (Å²) >= 11 is 0. The molecule has 0 saturated heterocycles. The number of aromatic nitrogens is 1. The van der Waals surface area contributed by atoms with Crippen LogP contribution in [0, 0.1) is 0 Å². The van der Waals surface area contributed by atoms with Crippen LogP contribution in [0.2, 0.25) is 0 Å². The Labute approximate surface area is 186 Å². The van der Waals surface area contributed by atoms with Gasteiger partial charge in [0.1, 0.15) is 6.61 Å². The molecule has 0 aliphatic rings. The van der Waals surface area contributed by atoms with Crippen molar-refractivity contribution in [3.8, 4) is 0 Å². The summed E-state index contributed by atoms with van der Waals surface area (Å²) in [6.07, 6.45) is 5.36. The van der Waals surface area contributed by atoms with Crippen LogP contribution in [0.4, 0.5) is 4.79 Å². The van der Waals surface area contributed by atoms with Gasteiger partial charge in [-0.2, -0.15) is 0 Å². The lowest BCUT2D eigenvalue weighted by Crippen LogP contribution is -2.31. The van der Waals surface area contributed by atoms with Gasteiger partial charge in [0.2, 0.25) is 0 Å². The van der Waals surface area contributed by atoms with Gasteiger partial charge in [0.15, 0.2) is 0 Å². The minimum Gasteiger partial charge on any atom is -0.448 e. The summed E-state index contributed by atoms with van der Waals surface area (Å²) in [5, 5.41) is 12.2. The number of fused-ring (bicyclic) bond motifs is 1. The van der Waals surface area contributed by atoms with Gasteiger partial charge < -0.3 is 15.0 Å². The van der Waals surface area contributed by atoms with Gasteiger partial charge in [-0.15, -0.1) is 0 Å². The first-order valence-electron chi connectivity index (χ1n) is 10.4. The number of aromatic amines is 1. The molecule has 1 aromatic heterocycles. The summed E-state index contributed by atoms with van der Waals surface area (Å²) in [6, 6.07) is 16.0. The zero-order valence-corrected chi connectivity index (χ0v) is 18.0. The first kappa shape index (κ1) is 23.1. The summed E-state index contributed by atoms with van der Waals surface area (Å²) in [7, 11) is 1.54. The van der Waals surface area contributed by atoms with Gasteiger partial charge in [-0.3, -0.25) is 14.9 Å². The van der Waals surface area contributed by atoms with E-state index in [4.69, 9.17) is 9.94 Å². The molecule has 3 aromatic rings. The average molecular weight is 437 g/mol. The third kappa shape index (κ3) is 6.69. The monoisotopic (exact) mass is 436 g/mol. The van der Waals surface area contributed by atoms with Crippen molar-refractivity contribution in [2.45, 2.75) is 13.0 Å². The van der Waals surface area contributed by atoms with Crippen LogP contribution < -0.4 is 10.8 Å². The van der Waals surface area contributed by atoms with Crippen molar-refractivity contribution in [3.63, 3.8) is 0 Å². The second-order valence-electron chi connectivity index (χ2n) is 7.32. The van der Waals surface area contributed by atoms with Crippen molar-refractivity contribution < 1.29 is 19.5 Å². The lowest BCUT2D eigenvalue weighted by molar-refractivity contribution is -0.124. The number of nitrogens with one attached hydrogen (secondary N) is 3. The van der Waals surface area contributed by atoms with Crippen molar-refractivity contribution in [1.29, 1.82) is 0 Å². The van der Waals surface area contributed by atoms with Crippen LogP contribution in [0.15, 0.2) is 60.8 Å². The van der Waals surface area contributed by atoms with Crippen LogP contribution in [0.5, 0.6) is 0 Å². The normalized spacial score (nSPS) is 11.2. The molecule has 0 spiro atoms. The highest BCUT2D eigenvalue weighted by atomic mass is 16.5. The van der Waals surface area contributed by atoms with Crippen LogP contribution >= 0.6 is 0 Å². The fourth-order valence-corrected chi connectivity index (χ4v) is 3.43. The number of hydrogen-bond acceptors (Lipinski definition) is 5. The van der Waals surface area contributed by atoms with E-state index < -0.39 is 12.0 Å². The number of nitrogens with zero attached hydrogens (tertiary/aromatic N) is 1. The number of rotatable bonds is 10. The molecule has 0 atom stereocenters. The molecule has 0 bridgehead atoms. The van der Waals surface area contributed by atoms with Gasteiger partial charge in [-0.05, 0) is 35.3 Å². The average Bonchev–Trinajstić information content (AvgIpc) is 3.24. The van der Waals surface area contributed by atoms with Crippen molar-refractivity contribution in [1.82, 2.24) is 20.7 Å². The quantitative estimate of drug-likeness (QED) is 0.222. The highest BCUT2D eigenvalue weighted by Gasteiger charge is 2.10. The van der Waals surface area contributed by atoms with Crippen molar-refractivity contribution in [2.75, 3.05) is 26.7 Å². The Kier molecular flexibility index (Phi) is 8.42. The number of hydroxylamine groups is 1. The van der Waals surface area contributed by atoms with Crippen LogP contribution in [-0.2, 0) is 22.5 Å². The molecule has 0 aliphatic heterocycles. The fraction of sp³-hybridized carbons (Fsp3) is 0.250. The van der Waals surface area contributed by atoms with Gasteiger partial charge in [0.25, 0.3) is 5.91 Å². The number of H-pyrrole nitrogens is 1. The van der Waals surface area contributed by atoms with Crippen molar-refractivity contribution in [2.24, 2.45) is 0 Å². The Morgan fingerprint density at radius 2 is 1.91 bits per heavy atom. The number of benzene rings is 2. The predicted octanol–water partition coefficient (Wildman–Crippen LogP) is 3.09. The van der Waals surface area contributed by atoms with Gasteiger partial charge in [-0.25, -0.2) is 10.3 Å². The fourth-order valence-electron chi connectivity index (χ4n) is 3.43. The number of carbonyl (C=O) groups excluding carboxylic acids is 2. The third-order valence-electron chi connectivity index (χ3n) is 5.14. The van der Waals surface area contributed by atoms with Gasteiger partial charge >= 0.3 is 6.09 Å². The third-order valence-corrected chi connectivity index (χ3v) is 5.14. The molecular formula is C24H28N4O4. The van der Waals surface area contributed by atoms with E-state index >= 15 is 0 Å². The molecular weight excluding hydrogens is 408 g/mol. The first-order valence-corrected chi connectivity index (χ1v) is 10.4. The molecule has 2 amide bonds. The standard InChI is InChI=1S/C24H28N4O4/c1-25-24(30)32-15-14-28(13-12-20-16-26-22-5-3-2-4-21(20)22)17-19-8-6-18(7-9-19)10-11-23(29)27-31/h2-11,16,26,31H,12-15,17H2,1H3,(H,25,30)(H,27,29)/b11-10+. The second kappa shape index (κ2) is 11.7. The summed E-state index contributed by atoms with van der Waals surface area (Å²) < 4.78 is 5.19. The van der Waals surface area contributed by atoms with Gasteiger partial charge in [0.05, 0.1) is 0 Å². The van der Waals surface area contributed by atoms with Gasteiger partial charge in [0, 0.05) is 49.9 Å². The molecule has 0 unspecified atom stereocenters. The van der Waals surface area contributed by atoms with E-state index in [-0.39, 0.29) is 0 Å². The molecule has 0 saturated carbocycles. The lowest BCUT2D eigenvalue weighted by atomic mass is 10.1. The Hall–Kier alpha value is -3.62. The molecule has 8 nitrogen and oxygen atoms in total. The number of hydrogen-bond donors (Lipinski definition) is 4. The zero-order valence-electron chi connectivity index (χ0n) is 18.0. The summed E-state index contributed by atoms with van der Waals surface area (Å²) in [5.74, 6) is -0.575. The van der Waals surface area contributed by atoms with E-state index in [0.29, 0.717) is 19.7 Å². The number of para-hydroxylation sites is 1. The Bertz CT molecular complexity index is 1060. The smallest absolute Gasteiger partial charge is 0.406 e. The van der Waals surface area contributed by atoms with Crippen LogP contribution in [0.25, 0.3) is 17.0 Å². The molecule has 32 heavy (non-hydrogen) atoms. The van der Waals surface area contributed by atoms with E-state index in [2.05, 4.69) is 27.3 Å². The van der Waals surface area contributed by atoms with Crippen LogP contribution in [-0.4, -0.2) is 53.8 Å². The molecule has 0 fully saturated rings. The summed E-state index contributed by atoms with van der Waals surface area (Å²) in [5.41, 5.74) is 5.89. The van der Waals surface area contributed by atoms with E-state index in [1.807, 2.05) is 42.6 Å². The number of ether oxygens (including phenoxy) is 1. The highest BCUT2D eigenvalue weighted by Crippen LogP contribution is 2.19. The van der Waals surface area contributed by atoms with Crippen molar-refractivity contribution in [3.05, 3.63) is 77.5 Å². The SMILES string of the molecule is CNC(=O)OCCN(CCc1c[nH]c2ccccc12)Cc1ccc(/C=C/C(=O)NO)cc1. The van der Waals surface area contributed by atoms with E-state index in [0.717, 1.165) is 29.6 Å². The number of carbonyl (C=O) groups is 2. The molecule has 1 heterocycles. The van der Waals surface area contributed by atoms with Crippen LogP contribution in [0.1, 0.15) is 16.7 Å². The number of alkyl carbamates (subject to hydrolysis) is 1. The highest BCUT2D eigenvalue weighted by molar-refractivity contribution is 5.90. The van der Waals surface area contributed by atoms with Crippen molar-refractivity contribution >= 4 is 29.0 Å². The maximum Gasteiger partial charge on any atom is 0.406 e. The van der Waals surface area contributed by atoms with Crippen LogP contribution in [0.3, 0.4) is 0 Å². The van der Waals surface area contributed by atoms with Gasteiger partial charge in [-0.1, -0.05) is 42.5 Å². The second-order valence-corrected chi connectivity index (χ2v) is 7.32. The lowest BCUT2D eigenvalue weighted by Gasteiger charge is -2.22. The Morgan fingerprint density at radius 3 is 2.66 bits per heavy atom. The zero-order chi connectivity index (χ0) is 22.8. The number of amides is 2. The largest absolute Gasteiger partial charge is 0.448 e. The molecule has 3 rings (SSSR count). The molecule has 0 aliphatic carbocycles. The molecule has 0 radical (unpaired) electrons. The predicted molar refractivity (Wildman–Crippen MR) is 123 cm³/mol. The van der Waals surface area contributed by atoms with E-state index in [1.54, 1.807) is 11.6 Å². The maximum absolute atomic E-state index is 11.4. The Morgan fingerprint density at radius 1 is 1.12 bits per heavy atom. The first-order chi connectivity index (χ1) is 15.6. The summed E-state index contributed by atoms with van der Waals surface area (Å²) in [4.78, 5) is 28.1. The Balaban J connectivity index is 1.64. The maximum atomic E-state index is 11.4. The minimum atomic E-state index is -0.575. The minimum absolute atomic E-state index is 0.296.